The SMILES string of the molecule is IC=CCC1CCNCC1. The van der Waals surface area contributed by atoms with Crippen LogP contribution in [0.3, 0.4) is 0 Å². The van der Waals surface area contributed by atoms with E-state index >= 15 is 0 Å². The van der Waals surface area contributed by atoms with Crippen molar-refractivity contribution in [1.29, 1.82) is 0 Å². The molecule has 0 amide bonds. The second kappa shape index (κ2) is 5.13. The lowest BCUT2D eigenvalue weighted by Gasteiger charge is -2.20. The van der Waals surface area contributed by atoms with E-state index < -0.39 is 0 Å². The van der Waals surface area contributed by atoms with Crippen LogP contribution in [0.15, 0.2) is 10.2 Å². The molecule has 1 nitrogen and oxygen atoms in total. The van der Waals surface area contributed by atoms with Crippen molar-refractivity contribution >= 4 is 22.6 Å². The van der Waals surface area contributed by atoms with Gasteiger partial charge >= 0.3 is 0 Å². The first-order valence-electron chi connectivity index (χ1n) is 3.89. The summed E-state index contributed by atoms with van der Waals surface area (Å²) in [7, 11) is 0. The van der Waals surface area contributed by atoms with Crippen molar-refractivity contribution in [1.82, 2.24) is 5.32 Å². The Labute approximate surface area is 76.4 Å². The van der Waals surface area contributed by atoms with Gasteiger partial charge in [0.15, 0.2) is 0 Å². The first-order valence-corrected chi connectivity index (χ1v) is 5.14. The molecule has 1 aliphatic heterocycles. The molecule has 0 aromatic rings. The van der Waals surface area contributed by atoms with E-state index in [1.54, 1.807) is 0 Å². The highest BCUT2D eigenvalue weighted by molar-refractivity contribution is 14.1. The van der Waals surface area contributed by atoms with E-state index in [9.17, 15) is 0 Å². The molecule has 0 spiro atoms. The van der Waals surface area contributed by atoms with Crippen LogP contribution in [0.2, 0.25) is 0 Å². The molecule has 0 aliphatic carbocycles. The predicted octanol–water partition coefficient (Wildman–Crippen LogP) is 2.32. The van der Waals surface area contributed by atoms with Gasteiger partial charge < -0.3 is 5.32 Å². The number of hydrogen-bond acceptors (Lipinski definition) is 1. The fourth-order valence-electron chi connectivity index (χ4n) is 1.36. The molecule has 0 saturated carbocycles. The standard InChI is InChI=1S/C8H14IN/c9-5-1-2-8-3-6-10-7-4-8/h1,5,8,10H,2-4,6-7H2. The van der Waals surface area contributed by atoms with Crippen LogP contribution >= 0.6 is 22.6 Å². The minimum absolute atomic E-state index is 0.951. The molecule has 0 aromatic heterocycles. The second-order valence-corrected chi connectivity index (χ2v) is 3.51. The topological polar surface area (TPSA) is 12.0 Å². The Morgan fingerprint density at radius 1 is 1.40 bits per heavy atom. The van der Waals surface area contributed by atoms with Gasteiger partial charge in [0.1, 0.15) is 0 Å². The van der Waals surface area contributed by atoms with Gasteiger partial charge in [-0.05, 0) is 42.4 Å². The molecule has 2 heteroatoms. The van der Waals surface area contributed by atoms with E-state index in [1.165, 1.54) is 32.4 Å². The van der Waals surface area contributed by atoms with Crippen molar-refractivity contribution < 1.29 is 0 Å². The van der Waals surface area contributed by atoms with Crippen LogP contribution in [-0.4, -0.2) is 13.1 Å². The van der Waals surface area contributed by atoms with Gasteiger partial charge in [0.05, 0.1) is 0 Å². The normalized spacial score (nSPS) is 22.1. The Morgan fingerprint density at radius 2 is 2.10 bits per heavy atom. The van der Waals surface area contributed by atoms with Crippen LogP contribution in [-0.2, 0) is 0 Å². The van der Waals surface area contributed by atoms with Crippen LogP contribution in [0.5, 0.6) is 0 Å². The summed E-state index contributed by atoms with van der Waals surface area (Å²) < 4.78 is 2.12. The van der Waals surface area contributed by atoms with Gasteiger partial charge in [-0.1, -0.05) is 28.7 Å². The van der Waals surface area contributed by atoms with Crippen LogP contribution in [0.1, 0.15) is 19.3 Å². The van der Waals surface area contributed by atoms with E-state index in [-0.39, 0.29) is 0 Å². The Morgan fingerprint density at radius 3 is 2.70 bits per heavy atom. The summed E-state index contributed by atoms with van der Waals surface area (Å²) in [5, 5.41) is 3.37. The minimum atomic E-state index is 0.951. The minimum Gasteiger partial charge on any atom is -0.317 e. The van der Waals surface area contributed by atoms with Crippen molar-refractivity contribution in [3.63, 3.8) is 0 Å². The largest absolute Gasteiger partial charge is 0.317 e. The lowest BCUT2D eigenvalue weighted by Crippen LogP contribution is -2.27. The summed E-state index contributed by atoms with van der Waals surface area (Å²) in [4.78, 5) is 0. The van der Waals surface area contributed by atoms with Gasteiger partial charge in [-0.2, -0.15) is 0 Å². The van der Waals surface area contributed by atoms with Crippen LogP contribution in [0.25, 0.3) is 0 Å². The van der Waals surface area contributed by atoms with E-state index in [4.69, 9.17) is 0 Å². The number of halogens is 1. The molecule has 0 bridgehead atoms. The average Bonchev–Trinajstić information content (AvgIpc) is 2.03. The summed E-state index contributed by atoms with van der Waals surface area (Å²) in [6.45, 7) is 2.44. The highest BCUT2D eigenvalue weighted by Crippen LogP contribution is 2.16. The Balaban J connectivity index is 2.13. The van der Waals surface area contributed by atoms with E-state index in [1.807, 2.05) is 0 Å². The molecule has 58 valence electrons. The first-order chi connectivity index (χ1) is 4.93. The molecule has 1 rings (SSSR count). The molecule has 1 aliphatic rings. The molecule has 1 heterocycles. The van der Waals surface area contributed by atoms with Crippen molar-refractivity contribution in [3.05, 3.63) is 10.2 Å². The van der Waals surface area contributed by atoms with E-state index in [0.717, 1.165) is 5.92 Å². The third kappa shape index (κ3) is 3.01. The molecule has 1 fully saturated rings. The van der Waals surface area contributed by atoms with Gasteiger partial charge in [0.2, 0.25) is 0 Å². The zero-order chi connectivity index (χ0) is 7.23. The van der Waals surface area contributed by atoms with E-state index in [0.29, 0.717) is 0 Å². The molecule has 0 aromatic carbocycles. The smallest absolute Gasteiger partial charge is 0.00462 e. The summed E-state index contributed by atoms with van der Waals surface area (Å²) >= 11 is 2.29. The Bertz CT molecular complexity index is 106. The third-order valence-corrected chi connectivity index (χ3v) is 2.53. The van der Waals surface area contributed by atoms with Crippen molar-refractivity contribution in [2.45, 2.75) is 19.3 Å². The fourth-order valence-corrected chi connectivity index (χ4v) is 1.65. The molecule has 0 radical (unpaired) electrons. The summed E-state index contributed by atoms with van der Waals surface area (Å²) in [5.74, 6) is 0.951. The van der Waals surface area contributed by atoms with Crippen LogP contribution in [0.4, 0.5) is 0 Å². The Kier molecular flexibility index (Phi) is 4.37. The van der Waals surface area contributed by atoms with Crippen LogP contribution < -0.4 is 5.32 Å². The van der Waals surface area contributed by atoms with Gasteiger partial charge in [-0.25, -0.2) is 0 Å². The monoisotopic (exact) mass is 251 g/mol. The number of hydrogen-bond donors (Lipinski definition) is 1. The molecular weight excluding hydrogens is 237 g/mol. The third-order valence-electron chi connectivity index (χ3n) is 2.02. The highest BCUT2D eigenvalue weighted by Gasteiger charge is 2.10. The van der Waals surface area contributed by atoms with Gasteiger partial charge in [-0.3, -0.25) is 0 Å². The second-order valence-electron chi connectivity index (χ2n) is 2.79. The average molecular weight is 251 g/mol. The predicted molar refractivity (Wildman–Crippen MR) is 53.4 cm³/mol. The lowest BCUT2D eigenvalue weighted by molar-refractivity contribution is 0.378. The fraction of sp³-hybridized carbons (Fsp3) is 0.750. The van der Waals surface area contributed by atoms with Crippen molar-refractivity contribution in [2.75, 3.05) is 13.1 Å². The van der Waals surface area contributed by atoms with Gasteiger partial charge in [0, 0.05) is 0 Å². The zero-order valence-electron chi connectivity index (χ0n) is 6.15. The highest BCUT2D eigenvalue weighted by atomic mass is 127. The Hall–Kier alpha value is 0.430. The van der Waals surface area contributed by atoms with Gasteiger partial charge in [-0.15, -0.1) is 0 Å². The number of allylic oxidation sites excluding steroid dienone is 1. The molecule has 1 N–H and O–H groups in total. The molecule has 0 atom stereocenters. The summed E-state index contributed by atoms with van der Waals surface area (Å²) in [6.07, 6.45) is 6.28. The molecular formula is C8H14IN. The van der Waals surface area contributed by atoms with Gasteiger partial charge in [0.25, 0.3) is 0 Å². The van der Waals surface area contributed by atoms with E-state index in [2.05, 4.69) is 38.1 Å². The summed E-state index contributed by atoms with van der Waals surface area (Å²) in [6, 6.07) is 0. The maximum absolute atomic E-state index is 3.37. The molecule has 1 saturated heterocycles. The van der Waals surface area contributed by atoms with Crippen molar-refractivity contribution in [3.8, 4) is 0 Å². The maximum Gasteiger partial charge on any atom is -0.00462 e. The number of nitrogens with one attached hydrogen (secondary N) is 1. The maximum atomic E-state index is 3.37. The molecule has 0 unspecified atom stereocenters. The lowest BCUT2D eigenvalue weighted by atomic mass is 9.95. The number of piperidine rings is 1. The summed E-state index contributed by atoms with van der Waals surface area (Å²) in [5.41, 5.74) is 0. The van der Waals surface area contributed by atoms with Crippen LogP contribution in [0, 0.1) is 5.92 Å². The quantitative estimate of drug-likeness (QED) is 0.743. The zero-order valence-corrected chi connectivity index (χ0v) is 8.30. The van der Waals surface area contributed by atoms with Crippen molar-refractivity contribution in [2.24, 2.45) is 5.92 Å². The molecule has 10 heavy (non-hydrogen) atoms. The number of rotatable bonds is 2. The first kappa shape index (κ1) is 8.53.